The predicted octanol–water partition coefficient (Wildman–Crippen LogP) is 2.73. The predicted molar refractivity (Wildman–Crippen MR) is 74.8 cm³/mol. The summed E-state index contributed by atoms with van der Waals surface area (Å²) in [6.07, 6.45) is 3.74. The summed E-state index contributed by atoms with van der Waals surface area (Å²) in [5.41, 5.74) is 7.64. The maximum atomic E-state index is 6.02. The standard InChI is InChI=1S/C13H17ClN4O/c1-3-4-11(15)12-8-18(17-16-12)9-5-6-10(14)13(7-9)19-2/h5-8,11H,3-4,15H2,1-2H3. The number of nitrogens with zero attached hydrogens (tertiary/aromatic N) is 3. The first kappa shape index (κ1) is 13.8. The number of hydrogen-bond donors (Lipinski definition) is 1. The number of aromatic nitrogens is 3. The Balaban J connectivity index is 2.27. The van der Waals surface area contributed by atoms with Crippen molar-refractivity contribution in [2.24, 2.45) is 5.73 Å². The van der Waals surface area contributed by atoms with Crippen LogP contribution < -0.4 is 10.5 Å². The van der Waals surface area contributed by atoms with E-state index in [1.165, 1.54) is 0 Å². The van der Waals surface area contributed by atoms with E-state index in [2.05, 4.69) is 17.2 Å². The van der Waals surface area contributed by atoms with Crippen LogP contribution in [0.15, 0.2) is 24.4 Å². The average molecular weight is 281 g/mol. The topological polar surface area (TPSA) is 66.0 Å². The zero-order valence-electron chi connectivity index (χ0n) is 11.0. The van der Waals surface area contributed by atoms with Gasteiger partial charge in [0.15, 0.2) is 0 Å². The molecule has 2 rings (SSSR count). The number of methoxy groups -OCH3 is 1. The monoisotopic (exact) mass is 280 g/mol. The lowest BCUT2D eigenvalue weighted by Gasteiger charge is -2.06. The Morgan fingerprint density at radius 2 is 2.26 bits per heavy atom. The molecule has 0 bridgehead atoms. The van der Waals surface area contributed by atoms with E-state index in [1.807, 2.05) is 18.3 Å². The van der Waals surface area contributed by atoms with Gasteiger partial charge in [-0.05, 0) is 18.6 Å². The molecule has 2 aromatic rings. The van der Waals surface area contributed by atoms with Crippen LogP contribution in [-0.2, 0) is 0 Å². The highest BCUT2D eigenvalue weighted by Gasteiger charge is 2.11. The molecule has 1 atom stereocenters. The largest absolute Gasteiger partial charge is 0.495 e. The lowest BCUT2D eigenvalue weighted by molar-refractivity contribution is 0.414. The van der Waals surface area contributed by atoms with Crippen LogP contribution in [0, 0.1) is 0 Å². The molecule has 0 fully saturated rings. The van der Waals surface area contributed by atoms with Crippen molar-refractivity contribution in [3.8, 4) is 11.4 Å². The van der Waals surface area contributed by atoms with E-state index < -0.39 is 0 Å². The summed E-state index contributed by atoms with van der Waals surface area (Å²) in [5.74, 6) is 0.606. The van der Waals surface area contributed by atoms with E-state index in [-0.39, 0.29) is 6.04 Å². The Hall–Kier alpha value is -1.59. The van der Waals surface area contributed by atoms with Gasteiger partial charge in [0.2, 0.25) is 0 Å². The van der Waals surface area contributed by atoms with Crippen molar-refractivity contribution in [1.82, 2.24) is 15.0 Å². The van der Waals surface area contributed by atoms with Crippen molar-refractivity contribution < 1.29 is 4.74 Å². The van der Waals surface area contributed by atoms with Crippen LogP contribution >= 0.6 is 11.6 Å². The lowest BCUT2D eigenvalue weighted by Crippen LogP contribution is -2.10. The first-order valence-corrected chi connectivity index (χ1v) is 6.55. The molecule has 0 saturated heterocycles. The molecular weight excluding hydrogens is 264 g/mol. The third-order valence-corrected chi connectivity index (χ3v) is 3.20. The van der Waals surface area contributed by atoms with E-state index in [0.29, 0.717) is 10.8 Å². The quantitative estimate of drug-likeness (QED) is 0.914. The molecule has 0 spiro atoms. The number of ether oxygens (including phenoxy) is 1. The van der Waals surface area contributed by atoms with Crippen LogP contribution in [0.5, 0.6) is 5.75 Å². The molecule has 19 heavy (non-hydrogen) atoms. The molecule has 0 amide bonds. The van der Waals surface area contributed by atoms with Crippen LogP contribution in [-0.4, -0.2) is 22.1 Å². The number of hydrogen-bond acceptors (Lipinski definition) is 4. The maximum Gasteiger partial charge on any atom is 0.139 e. The molecule has 1 heterocycles. The van der Waals surface area contributed by atoms with Gasteiger partial charge in [0, 0.05) is 6.07 Å². The number of halogens is 1. The average Bonchev–Trinajstić information content (AvgIpc) is 2.89. The second kappa shape index (κ2) is 6.04. The molecule has 5 nitrogen and oxygen atoms in total. The maximum absolute atomic E-state index is 6.02. The van der Waals surface area contributed by atoms with Gasteiger partial charge in [0.1, 0.15) is 5.75 Å². The Labute approximate surface area is 117 Å². The van der Waals surface area contributed by atoms with Crippen molar-refractivity contribution in [2.45, 2.75) is 25.8 Å². The van der Waals surface area contributed by atoms with Gasteiger partial charge in [-0.1, -0.05) is 30.2 Å². The van der Waals surface area contributed by atoms with Crippen molar-refractivity contribution >= 4 is 11.6 Å². The highest BCUT2D eigenvalue weighted by molar-refractivity contribution is 6.32. The van der Waals surface area contributed by atoms with E-state index in [9.17, 15) is 0 Å². The van der Waals surface area contributed by atoms with Gasteiger partial charge >= 0.3 is 0 Å². The fourth-order valence-electron chi connectivity index (χ4n) is 1.82. The summed E-state index contributed by atoms with van der Waals surface area (Å²) in [6, 6.07) is 5.36. The van der Waals surface area contributed by atoms with Gasteiger partial charge in [-0.15, -0.1) is 5.10 Å². The number of nitrogens with two attached hydrogens (primary N) is 1. The highest BCUT2D eigenvalue weighted by atomic mass is 35.5. The highest BCUT2D eigenvalue weighted by Crippen LogP contribution is 2.26. The molecule has 0 aliphatic carbocycles. The molecule has 0 aliphatic heterocycles. The molecule has 0 saturated carbocycles. The van der Waals surface area contributed by atoms with Gasteiger partial charge in [0.05, 0.1) is 35.8 Å². The van der Waals surface area contributed by atoms with E-state index in [0.717, 1.165) is 24.2 Å². The molecule has 102 valence electrons. The Kier molecular flexibility index (Phi) is 4.39. The summed E-state index contributed by atoms with van der Waals surface area (Å²) in [5, 5.41) is 8.75. The van der Waals surface area contributed by atoms with Crippen LogP contribution in [0.1, 0.15) is 31.5 Å². The Bertz CT molecular complexity index is 555. The van der Waals surface area contributed by atoms with Crippen LogP contribution in [0.3, 0.4) is 0 Å². The van der Waals surface area contributed by atoms with Crippen LogP contribution in [0.2, 0.25) is 5.02 Å². The summed E-state index contributed by atoms with van der Waals surface area (Å²) in [6.45, 7) is 2.09. The van der Waals surface area contributed by atoms with Gasteiger partial charge in [-0.3, -0.25) is 0 Å². The third-order valence-electron chi connectivity index (χ3n) is 2.89. The smallest absolute Gasteiger partial charge is 0.139 e. The second-order valence-electron chi connectivity index (χ2n) is 4.30. The molecule has 1 unspecified atom stereocenters. The summed E-state index contributed by atoms with van der Waals surface area (Å²) < 4.78 is 6.85. The van der Waals surface area contributed by atoms with Crippen molar-refractivity contribution in [2.75, 3.05) is 7.11 Å². The normalized spacial score (nSPS) is 12.4. The Morgan fingerprint density at radius 1 is 1.47 bits per heavy atom. The van der Waals surface area contributed by atoms with Gasteiger partial charge in [-0.2, -0.15) is 0 Å². The van der Waals surface area contributed by atoms with E-state index >= 15 is 0 Å². The van der Waals surface area contributed by atoms with Crippen molar-refractivity contribution in [3.05, 3.63) is 35.1 Å². The lowest BCUT2D eigenvalue weighted by atomic mass is 10.1. The molecule has 1 aromatic carbocycles. The number of rotatable bonds is 5. The van der Waals surface area contributed by atoms with E-state index in [4.69, 9.17) is 22.1 Å². The fourth-order valence-corrected chi connectivity index (χ4v) is 2.02. The first-order valence-electron chi connectivity index (χ1n) is 6.17. The first-order chi connectivity index (χ1) is 9.15. The SMILES string of the molecule is CCCC(N)c1cn(-c2ccc(Cl)c(OC)c2)nn1. The zero-order chi connectivity index (χ0) is 13.8. The second-order valence-corrected chi connectivity index (χ2v) is 4.71. The summed E-state index contributed by atoms with van der Waals surface area (Å²) in [4.78, 5) is 0. The third kappa shape index (κ3) is 3.05. The summed E-state index contributed by atoms with van der Waals surface area (Å²) >= 11 is 5.99. The molecule has 6 heteroatoms. The summed E-state index contributed by atoms with van der Waals surface area (Å²) in [7, 11) is 1.58. The zero-order valence-corrected chi connectivity index (χ0v) is 11.8. The van der Waals surface area contributed by atoms with Crippen molar-refractivity contribution in [3.63, 3.8) is 0 Å². The minimum Gasteiger partial charge on any atom is -0.495 e. The minimum atomic E-state index is -0.0760. The van der Waals surface area contributed by atoms with Gasteiger partial charge in [-0.25, -0.2) is 4.68 Å². The molecule has 1 aromatic heterocycles. The van der Waals surface area contributed by atoms with Gasteiger partial charge < -0.3 is 10.5 Å². The van der Waals surface area contributed by atoms with Gasteiger partial charge in [0.25, 0.3) is 0 Å². The molecule has 2 N–H and O–H groups in total. The number of benzene rings is 1. The molecule has 0 radical (unpaired) electrons. The van der Waals surface area contributed by atoms with Crippen LogP contribution in [0.25, 0.3) is 5.69 Å². The van der Waals surface area contributed by atoms with Crippen molar-refractivity contribution in [1.29, 1.82) is 0 Å². The Morgan fingerprint density at radius 3 is 2.95 bits per heavy atom. The van der Waals surface area contributed by atoms with Crippen LogP contribution in [0.4, 0.5) is 0 Å². The fraction of sp³-hybridized carbons (Fsp3) is 0.385. The molecular formula is C13H17ClN4O. The molecule has 0 aliphatic rings. The van der Waals surface area contributed by atoms with E-state index in [1.54, 1.807) is 17.9 Å². The minimum absolute atomic E-state index is 0.0760.